The van der Waals surface area contributed by atoms with Crippen LogP contribution in [0, 0.1) is 5.41 Å². The number of hydrogen-bond donors (Lipinski definition) is 0. The molecule has 0 aliphatic carbocycles. The number of esters is 1. The summed E-state index contributed by atoms with van der Waals surface area (Å²) in [6, 6.07) is 0. The van der Waals surface area contributed by atoms with Gasteiger partial charge in [-0.2, -0.15) is 0 Å². The minimum absolute atomic E-state index is 0.247. The van der Waals surface area contributed by atoms with Crippen LogP contribution in [0.1, 0.15) is 37.0 Å². The smallest absolute Gasteiger partial charge is 0.343 e. The molecule has 0 bridgehead atoms. The first-order valence-electron chi connectivity index (χ1n) is 6.17. The third kappa shape index (κ3) is 2.60. The topological polar surface area (TPSA) is 55.3 Å². The number of hydrogen-bond acceptors (Lipinski definition) is 5. The summed E-state index contributed by atoms with van der Waals surface area (Å²) in [6.07, 6.45) is 5.30. The minimum Gasteiger partial charge on any atom is -0.465 e. The standard InChI is InChI=1S/C13H19N3O2/c1-13(2)5-4-6-16(8-13)11-10(12(17)18-3)7-14-9-15-11/h7,9H,4-6,8H2,1-3H3. The third-order valence-corrected chi connectivity index (χ3v) is 3.30. The van der Waals surface area contributed by atoms with E-state index in [1.54, 1.807) is 0 Å². The molecule has 0 unspecified atom stereocenters. The van der Waals surface area contributed by atoms with Gasteiger partial charge in [0.05, 0.1) is 7.11 Å². The van der Waals surface area contributed by atoms with Crippen LogP contribution < -0.4 is 4.90 Å². The quantitative estimate of drug-likeness (QED) is 0.749. The van der Waals surface area contributed by atoms with Gasteiger partial charge in [0.15, 0.2) is 0 Å². The lowest BCUT2D eigenvalue weighted by Crippen LogP contribution is -2.41. The Kier molecular flexibility index (Phi) is 3.50. The molecule has 1 aromatic rings. The first-order chi connectivity index (χ1) is 8.53. The SMILES string of the molecule is COC(=O)c1cncnc1N1CCCC(C)(C)C1. The number of ether oxygens (including phenoxy) is 1. The monoisotopic (exact) mass is 249 g/mol. The van der Waals surface area contributed by atoms with Crippen LogP contribution in [-0.2, 0) is 4.74 Å². The maximum atomic E-state index is 11.7. The molecule has 0 N–H and O–H groups in total. The minimum atomic E-state index is -0.381. The second-order valence-electron chi connectivity index (χ2n) is 5.44. The second-order valence-corrected chi connectivity index (χ2v) is 5.44. The summed E-state index contributed by atoms with van der Waals surface area (Å²) in [5.41, 5.74) is 0.689. The number of nitrogens with zero attached hydrogens (tertiary/aromatic N) is 3. The molecule has 98 valence electrons. The fraction of sp³-hybridized carbons (Fsp3) is 0.615. The molecule has 0 atom stereocenters. The number of aromatic nitrogens is 2. The number of carbonyl (C=O) groups excluding carboxylic acids is 1. The number of piperidine rings is 1. The van der Waals surface area contributed by atoms with Gasteiger partial charge in [-0.3, -0.25) is 0 Å². The van der Waals surface area contributed by atoms with E-state index in [1.165, 1.54) is 26.1 Å². The van der Waals surface area contributed by atoms with Crippen molar-refractivity contribution in [3.8, 4) is 0 Å². The summed E-state index contributed by atoms with van der Waals surface area (Å²) >= 11 is 0. The van der Waals surface area contributed by atoms with Crippen LogP contribution in [0.3, 0.4) is 0 Å². The number of anilines is 1. The molecule has 5 nitrogen and oxygen atoms in total. The van der Waals surface area contributed by atoms with Gasteiger partial charge in [0, 0.05) is 19.3 Å². The maximum Gasteiger partial charge on any atom is 0.343 e. The third-order valence-electron chi connectivity index (χ3n) is 3.30. The van der Waals surface area contributed by atoms with Gasteiger partial charge < -0.3 is 9.64 Å². The van der Waals surface area contributed by atoms with Crippen molar-refractivity contribution in [2.24, 2.45) is 5.41 Å². The van der Waals surface area contributed by atoms with Crippen molar-refractivity contribution in [1.82, 2.24) is 9.97 Å². The fourth-order valence-electron chi connectivity index (χ4n) is 2.43. The highest BCUT2D eigenvalue weighted by molar-refractivity contribution is 5.94. The Morgan fingerprint density at radius 1 is 1.50 bits per heavy atom. The molecule has 2 heterocycles. The highest BCUT2D eigenvalue weighted by atomic mass is 16.5. The molecule has 0 radical (unpaired) electrons. The van der Waals surface area contributed by atoms with Gasteiger partial charge in [0.25, 0.3) is 0 Å². The van der Waals surface area contributed by atoms with E-state index in [4.69, 9.17) is 4.74 Å². The zero-order valence-corrected chi connectivity index (χ0v) is 11.1. The molecule has 0 aromatic carbocycles. The predicted molar refractivity (Wildman–Crippen MR) is 68.6 cm³/mol. The van der Waals surface area contributed by atoms with Crippen LogP contribution >= 0.6 is 0 Å². The van der Waals surface area contributed by atoms with Crippen LogP contribution in [0.4, 0.5) is 5.82 Å². The van der Waals surface area contributed by atoms with Crippen LogP contribution in [0.5, 0.6) is 0 Å². The molecule has 1 fully saturated rings. The van der Waals surface area contributed by atoms with Crippen molar-refractivity contribution in [3.63, 3.8) is 0 Å². The molecule has 1 aromatic heterocycles. The summed E-state index contributed by atoms with van der Waals surface area (Å²) < 4.78 is 4.77. The van der Waals surface area contributed by atoms with Gasteiger partial charge in [0.1, 0.15) is 17.7 Å². The van der Waals surface area contributed by atoms with E-state index in [2.05, 4.69) is 28.7 Å². The highest BCUT2D eigenvalue weighted by Gasteiger charge is 2.29. The van der Waals surface area contributed by atoms with E-state index < -0.39 is 0 Å². The second kappa shape index (κ2) is 4.92. The number of rotatable bonds is 2. The largest absolute Gasteiger partial charge is 0.465 e. The Bertz CT molecular complexity index is 446. The lowest BCUT2D eigenvalue weighted by atomic mass is 9.84. The number of carbonyl (C=O) groups is 1. The normalized spacial score (nSPS) is 18.5. The van der Waals surface area contributed by atoms with Gasteiger partial charge in [-0.15, -0.1) is 0 Å². The zero-order chi connectivity index (χ0) is 13.2. The van der Waals surface area contributed by atoms with E-state index in [0.29, 0.717) is 11.4 Å². The van der Waals surface area contributed by atoms with E-state index in [0.717, 1.165) is 19.5 Å². The van der Waals surface area contributed by atoms with Gasteiger partial charge >= 0.3 is 5.97 Å². The molecule has 0 spiro atoms. The Hall–Kier alpha value is -1.65. The molecule has 2 rings (SSSR count). The molecule has 18 heavy (non-hydrogen) atoms. The number of methoxy groups -OCH3 is 1. The van der Waals surface area contributed by atoms with Crippen LogP contribution in [0.25, 0.3) is 0 Å². The van der Waals surface area contributed by atoms with E-state index in [9.17, 15) is 4.79 Å². The van der Waals surface area contributed by atoms with Gasteiger partial charge in [-0.05, 0) is 18.3 Å². The van der Waals surface area contributed by atoms with Crippen LogP contribution in [-0.4, -0.2) is 36.1 Å². The molecule has 0 amide bonds. The Labute approximate surface area is 107 Å². The summed E-state index contributed by atoms with van der Waals surface area (Å²) in [4.78, 5) is 22.0. The summed E-state index contributed by atoms with van der Waals surface area (Å²) in [7, 11) is 1.37. The van der Waals surface area contributed by atoms with Gasteiger partial charge in [-0.1, -0.05) is 13.8 Å². The molecule has 5 heteroatoms. The molecular weight excluding hydrogens is 230 g/mol. The Morgan fingerprint density at radius 2 is 2.28 bits per heavy atom. The van der Waals surface area contributed by atoms with E-state index in [1.807, 2.05) is 0 Å². The van der Waals surface area contributed by atoms with Crippen LogP contribution in [0.15, 0.2) is 12.5 Å². The predicted octanol–water partition coefficient (Wildman–Crippen LogP) is 1.89. The summed E-state index contributed by atoms with van der Waals surface area (Å²) in [5, 5.41) is 0. The van der Waals surface area contributed by atoms with Crippen LogP contribution in [0.2, 0.25) is 0 Å². The molecule has 1 saturated heterocycles. The Morgan fingerprint density at radius 3 is 2.94 bits per heavy atom. The summed E-state index contributed by atoms with van der Waals surface area (Å²) in [6.45, 7) is 6.29. The van der Waals surface area contributed by atoms with Gasteiger partial charge in [-0.25, -0.2) is 14.8 Å². The molecular formula is C13H19N3O2. The Balaban J connectivity index is 2.30. The lowest BCUT2D eigenvalue weighted by molar-refractivity contribution is 0.0600. The summed E-state index contributed by atoms with van der Waals surface area (Å²) in [5.74, 6) is 0.304. The average molecular weight is 249 g/mol. The fourth-order valence-corrected chi connectivity index (χ4v) is 2.43. The van der Waals surface area contributed by atoms with Crippen molar-refractivity contribution in [2.75, 3.05) is 25.1 Å². The molecule has 1 aliphatic heterocycles. The van der Waals surface area contributed by atoms with E-state index >= 15 is 0 Å². The maximum absolute atomic E-state index is 11.7. The van der Waals surface area contributed by atoms with Crippen molar-refractivity contribution >= 4 is 11.8 Å². The first kappa shape index (κ1) is 12.8. The highest BCUT2D eigenvalue weighted by Crippen LogP contribution is 2.31. The molecule has 1 aliphatic rings. The first-order valence-corrected chi connectivity index (χ1v) is 6.17. The van der Waals surface area contributed by atoms with Crippen molar-refractivity contribution in [2.45, 2.75) is 26.7 Å². The zero-order valence-electron chi connectivity index (χ0n) is 11.1. The molecule has 0 saturated carbocycles. The van der Waals surface area contributed by atoms with Crippen molar-refractivity contribution in [3.05, 3.63) is 18.1 Å². The van der Waals surface area contributed by atoms with E-state index in [-0.39, 0.29) is 11.4 Å². The van der Waals surface area contributed by atoms with Crippen molar-refractivity contribution in [1.29, 1.82) is 0 Å². The average Bonchev–Trinajstić information content (AvgIpc) is 2.36. The lowest BCUT2D eigenvalue weighted by Gasteiger charge is -2.39. The van der Waals surface area contributed by atoms with Gasteiger partial charge in [0.2, 0.25) is 0 Å². The van der Waals surface area contributed by atoms with Crippen molar-refractivity contribution < 1.29 is 9.53 Å².